The molecule has 46 heavy (non-hydrogen) atoms. The number of amides is 3. The number of phenolic OH excluding ortho intramolecular Hbond substituents is 1. The van der Waals surface area contributed by atoms with Crippen molar-refractivity contribution in [3.63, 3.8) is 0 Å². The molecule has 6 rings (SSSR count). The standard InChI is InChI=1S/C31H23ClF3N3O6S2/c1-2-44-21-12-15(6-11-20(21)39)23-24-25(28(42)38(27(24)41)19-9-7-17(32)8-10-19)45-29-26(23)46-30(43)37(29)14-22(40)36-18-5-3-4-16(13-18)31(33,34)35/h3-13,23-25,39H,2,14H2,1H3,(H,36,40). The smallest absolute Gasteiger partial charge is 0.416 e. The summed E-state index contributed by atoms with van der Waals surface area (Å²) in [5.74, 6) is -3.57. The average molecular weight is 690 g/mol. The van der Waals surface area contributed by atoms with Crippen molar-refractivity contribution < 1.29 is 37.4 Å². The number of carbonyl (C=O) groups is 3. The van der Waals surface area contributed by atoms with Crippen LogP contribution in [-0.4, -0.2) is 39.3 Å². The number of nitrogens with zero attached hydrogens (tertiary/aromatic N) is 2. The van der Waals surface area contributed by atoms with Crippen LogP contribution in [0.5, 0.6) is 11.5 Å². The van der Waals surface area contributed by atoms with Crippen molar-refractivity contribution in [3.8, 4) is 11.5 Å². The molecule has 0 aliphatic carbocycles. The van der Waals surface area contributed by atoms with Crippen molar-refractivity contribution in [1.29, 1.82) is 0 Å². The van der Waals surface area contributed by atoms with E-state index in [0.29, 0.717) is 21.2 Å². The second kappa shape index (κ2) is 12.2. The predicted molar refractivity (Wildman–Crippen MR) is 167 cm³/mol. The molecule has 1 saturated heterocycles. The van der Waals surface area contributed by atoms with Gasteiger partial charge in [-0.25, -0.2) is 4.90 Å². The highest BCUT2D eigenvalue weighted by Gasteiger charge is 2.57. The zero-order chi connectivity index (χ0) is 32.9. The number of rotatable bonds is 7. The van der Waals surface area contributed by atoms with E-state index >= 15 is 0 Å². The Morgan fingerprint density at radius 2 is 1.78 bits per heavy atom. The summed E-state index contributed by atoms with van der Waals surface area (Å²) in [5.41, 5.74) is -0.242. The minimum atomic E-state index is -4.62. The molecule has 3 aromatic carbocycles. The monoisotopic (exact) mass is 689 g/mol. The number of thiazole rings is 1. The highest BCUT2D eigenvalue weighted by atomic mass is 35.5. The van der Waals surface area contributed by atoms with E-state index in [-0.39, 0.29) is 28.8 Å². The number of phenols is 1. The Morgan fingerprint density at radius 3 is 2.48 bits per heavy atom. The number of hydrogen-bond donors (Lipinski definition) is 2. The van der Waals surface area contributed by atoms with E-state index in [4.69, 9.17) is 16.3 Å². The van der Waals surface area contributed by atoms with E-state index in [1.54, 1.807) is 43.3 Å². The number of aromatic hydroxyl groups is 1. The van der Waals surface area contributed by atoms with Crippen LogP contribution in [0.15, 0.2) is 76.6 Å². The van der Waals surface area contributed by atoms with Gasteiger partial charge in [-0.15, -0.1) is 0 Å². The van der Waals surface area contributed by atoms with Crippen molar-refractivity contribution in [3.05, 3.63) is 97.4 Å². The van der Waals surface area contributed by atoms with Gasteiger partial charge in [0.05, 0.1) is 28.8 Å². The maximum Gasteiger partial charge on any atom is 0.416 e. The van der Waals surface area contributed by atoms with Gasteiger partial charge in [0.2, 0.25) is 17.7 Å². The van der Waals surface area contributed by atoms with Gasteiger partial charge in [0.15, 0.2) is 11.5 Å². The summed E-state index contributed by atoms with van der Waals surface area (Å²) >= 11 is 7.82. The fourth-order valence-corrected chi connectivity index (χ4v) is 8.47. The Hall–Kier alpha value is -4.27. The van der Waals surface area contributed by atoms with Crippen molar-refractivity contribution in [2.45, 2.75) is 35.8 Å². The van der Waals surface area contributed by atoms with Gasteiger partial charge < -0.3 is 15.2 Å². The number of benzene rings is 3. The first-order valence-electron chi connectivity index (χ1n) is 13.8. The highest BCUT2D eigenvalue weighted by Crippen LogP contribution is 2.54. The van der Waals surface area contributed by atoms with Crippen LogP contribution >= 0.6 is 34.7 Å². The molecule has 3 heterocycles. The molecule has 3 unspecified atom stereocenters. The highest BCUT2D eigenvalue weighted by molar-refractivity contribution is 8.00. The molecule has 4 aromatic rings. The van der Waals surface area contributed by atoms with Gasteiger partial charge in [0.1, 0.15) is 11.8 Å². The quantitative estimate of drug-likeness (QED) is 0.225. The van der Waals surface area contributed by atoms with E-state index < -0.39 is 58.0 Å². The number of hydrogen-bond acceptors (Lipinski definition) is 8. The molecule has 1 fully saturated rings. The Labute approximate surface area is 272 Å². The summed E-state index contributed by atoms with van der Waals surface area (Å²) in [6.07, 6.45) is -4.62. The van der Waals surface area contributed by atoms with Crippen molar-refractivity contribution >= 4 is 63.8 Å². The van der Waals surface area contributed by atoms with Crippen LogP contribution in [0.2, 0.25) is 5.02 Å². The molecule has 15 heteroatoms. The van der Waals surface area contributed by atoms with E-state index in [1.807, 2.05) is 0 Å². The summed E-state index contributed by atoms with van der Waals surface area (Å²) < 4.78 is 46.3. The van der Waals surface area contributed by atoms with E-state index in [1.165, 1.54) is 12.1 Å². The molecule has 3 amide bonds. The lowest BCUT2D eigenvalue weighted by Gasteiger charge is -2.31. The topological polar surface area (TPSA) is 118 Å². The van der Waals surface area contributed by atoms with Gasteiger partial charge in [-0.2, -0.15) is 13.2 Å². The number of anilines is 2. The van der Waals surface area contributed by atoms with Crippen LogP contribution in [0.1, 0.15) is 28.8 Å². The molecule has 1 aromatic heterocycles. The van der Waals surface area contributed by atoms with Gasteiger partial charge in [-0.1, -0.05) is 46.8 Å². The maximum atomic E-state index is 14.0. The first-order valence-corrected chi connectivity index (χ1v) is 15.9. The van der Waals surface area contributed by atoms with E-state index in [0.717, 1.165) is 50.8 Å². The summed E-state index contributed by atoms with van der Waals surface area (Å²) in [5, 5.41) is 12.5. The van der Waals surface area contributed by atoms with Crippen LogP contribution in [0.25, 0.3) is 0 Å². The van der Waals surface area contributed by atoms with Crippen LogP contribution in [0.4, 0.5) is 24.5 Å². The molecule has 0 spiro atoms. The van der Waals surface area contributed by atoms with Crippen molar-refractivity contribution in [2.24, 2.45) is 5.92 Å². The molecule has 3 atom stereocenters. The molecule has 0 radical (unpaired) electrons. The number of aromatic nitrogens is 1. The minimum Gasteiger partial charge on any atom is -0.504 e. The van der Waals surface area contributed by atoms with Gasteiger partial charge in [0, 0.05) is 21.5 Å². The molecule has 0 bridgehead atoms. The van der Waals surface area contributed by atoms with E-state index in [9.17, 15) is 37.5 Å². The molecule has 2 N–H and O–H groups in total. The summed E-state index contributed by atoms with van der Waals surface area (Å²) in [6, 6.07) is 14.8. The lowest BCUT2D eigenvalue weighted by molar-refractivity contribution is -0.137. The van der Waals surface area contributed by atoms with Crippen LogP contribution in [-0.2, 0) is 27.1 Å². The average Bonchev–Trinajstić information content (AvgIpc) is 3.45. The first kappa shape index (κ1) is 31.7. The molecule has 9 nitrogen and oxygen atoms in total. The summed E-state index contributed by atoms with van der Waals surface area (Å²) in [6.45, 7) is 1.42. The third-order valence-electron chi connectivity index (χ3n) is 7.55. The van der Waals surface area contributed by atoms with Crippen molar-refractivity contribution in [2.75, 3.05) is 16.8 Å². The number of alkyl halides is 3. The number of ether oxygens (including phenoxy) is 1. The molecular weight excluding hydrogens is 667 g/mol. The number of imide groups is 1. The van der Waals surface area contributed by atoms with Crippen LogP contribution < -0.4 is 19.8 Å². The normalized spacial score (nSPS) is 19.2. The van der Waals surface area contributed by atoms with Crippen LogP contribution in [0.3, 0.4) is 0 Å². The minimum absolute atomic E-state index is 0.106. The van der Waals surface area contributed by atoms with Crippen LogP contribution in [0, 0.1) is 5.92 Å². The number of carbonyl (C=O) groups excluding carboxylic acids is 3. The third-order valence-corrected chi connectivity index (χ3v) is 10.4. The predicted octanol–water partition coefficient (Wildman–Crippen LogP) is 6.12. The molecule has 2 aliphatic rings. The van der Waals surface area contributed by atoms with E-state index in [2.05, 4.69) is 5.32 Å². The molecule has 2 aliphatic heterocycles. The third kappa shape index (κ3) is 5.76. The maximum absolute atomic E-state index is 14.0. The second-order valence-corrected chi connectivity index (χ2v) is 13.0. The Balaban J connectivity index is 1.41. The van der Waals surface area contributed by atoms with Gasteiger partial charge >= 0.3 is 11.0 Å². The SMILES string of the molecule is CCOc1cc(C2c3sc(=O)n(CC(=O)Nc4cccc(C(F)(F)F)c4)c3SC3C(=O)N(c4ccc(Cl)cc4)C(=O)C32)ccc1O. The summed E-state index contributed by atoms with van der Waals surface area (Å²) in [7, 11) is 0. The Bertz CT molecular complexity index is 1930. The van der Waals surface area contributed by atoms with Gasteiger partial charge in [-0.3, -0.25) is 23.7 Å². The lowest BCUT2D eigenvalue weighted by Crippen LogP contribution is -2.33. The Kier molecular flexibility index (Phi) is 8.38. The van der Waals surface area contributed by atoms with Gasteiger partial charge in [-0.05, 0) is 67.1 Å². The fraction of sp³-hybridized carbons (Fsp3) is 0.226. The zero-order valence-electron chi connectivity index (χ0n) is 23.7. The zero-order valence-corrected chi connectivity index (χ0v) is 26.1. The van der Waals surface area contributed by atoms with Gasteiger partial charge in [0.25, 0.3) is 0 Å². The largest absolute Gasteiger partial charge is 0.504 e. The molecule has 238 valence electrons. The second-order valence-electron chi connectivity index (χ2n) is 10.4. The number of fused-ring (bicyclic) bond motifs is 2. The number of halogens is 4. The first-order chi connectivity index (χ1) is 21.9. The molecule has 0 saturated carbocycles. The number of nitrogens with one attached hydrogen (secondary N) is 1. The fourth-order valence-electron chi connectivity index (χ4n) is 5.57. The Morgan fingerprint density at radius 1 is 1.04 bits per heavy atom. The summed E-state index contributed by atoms with van der Waals surface area (Å²) in [4.78, 5) is 55.3. The molecular formula is C31H23ClF3N3O6S2. The number of thioether (sulfide) groups is 1. The van der Waals surface area contributed by atoms with Crippen molar-refractivity contribution in [1.82, 2.24) is 4.57 Å². The lowest BCUT2D eigenvalue weighted by atomic mass is 9.83.